The summed E-state index contributed by atoms with van der Waals surface area (Å²) in [6.07, 6.45) is 1.63. The minimum atomic E-state index is -1.21. The van der Waals surface area contributed by atoms with Crippen molar-refractivity contribution in [2.75, 3.05) is 18.1 Å². The number of ether oxygens (including phenoxy) is 1. The summed E-state index contributed by atoms with van der Waals surface area (Å²) in [7, 11) is 0. The van der Waals surface area contributed by atoms with E-state index >= 15 is 0 Å². The van der Waals surface area contributed by atoms with Gasteiger partial charge in [0, 0.05) is 17.6 Å². The maximum Gasteiger partial charge on any atom is 0.323 e. The van der Waals surface area contributed by atoms with Crippen LogP contribution in [-0.4, -0.2) is 40.2 Å². The Hall–Kier alpha value is -4.16. The second kappa shape index (κ2) is 10.6. The molecule has 0 spiro atoms. The first-order chi connectivity index (χ1) is 15.6. The van der Waals surface area contributed by atoms with Gasteiger partial charge in [0.15, 0.2) is 0 Å². The minimum absolute atomic E-state index is 0. The number of amides is 1. The van der Waals surface area contributed by atoms with Crippen LogP contribution in [0.4, 0.5) is 10.1 Å². The number of carbonyl (C=O) groups excluding carboxylic acids is 1. The van der Waals surface area contributed by atoms with E-state index in [-0.39, 0.29) is 27.8 Å². The highest BCUT2D eigenvalue weighted by Gasteiger charge is 2.24. The van der Waals surface area contributed by atoms with Crippen molar-refractivity contribution in [1.29, 1.82) is 5.26 Å². The first-order valence-electron chi connectivity index (χ1n) is 10.2. The highest BCUT2D eigenvalue weighted by molar-refractivity contribution is 6.07. The molecule has 0 saturated heterocycles. The van der Waals surface area contributed by atoms with Crippen molar-refractivity contribution in [3.05, 3.63) is 77.9 Å². The molecule has 0 fully saturated rings. The first-order valence-corrected chi connectivity index (χ1v) is 10.2. The number of nitriles is 1. The number of carbonyl (C=O) groups is 2. The number of halogens is 1. The van der Waals surface area contributed by atoms with Gasteiger partial charge in [-0.05, 0) is 60.0 Å². The van der Waals surface area contributed by atoms with Gasteiger partial charge >= 0.3 is 5.97 Å². The number of nitrogens with zero attached hydrogens (tertiary/aromatic N) is 3. The van der Waals surface area contributed by atoms with Crippen LogP contribution in [0.5, 0.6) is 5.75 Å². The molecule has 0 aliphatic rings. The van der Waals surface area contributed by atoms with E-state index < -0.39 is 24.2 Å². The number of aliphatic carboxylic acids is 1. The molecule has 3 N–H and O–H groups in total. The smallest absolute Gasteiger partial charge is 0.323 e. The van der Waals surface area contributed by atoms with Gasteiger partial charge < -0.3 is 19.9 Å². The van der Waals surface area contributed by atoms with Crippen molar-refractivity contribution in [3.63, 3.8) is 0 Å². The molecule has 178 valence electrons. The summed E-state index contributed by atoms with van der Waals surface area (Å²) in [4.78, 5) is 26.0. The highest BCUT2D eigenvalue weighted by atomic mass is 19.1. The molecule has 0 saturated carbocycles. The fourth-order valence-electron chi connectivity index (χ4n) is 3.13. The van der Waals surface area contributed by atoms with E-state index in [1.54, 1.807) is 35.0 Å². The van der Waals surface area contributed by atoms with Crippen molar-refractivity contribution < 1.29 is 29.3 Å². The number of anilines is 1. The predicted octanol–water partition coefficient (Wildman–Crippen LogP) is 3.82. The molecule has 0 atom stereocenters. The SMILES string of the molecule is CC(C)(C)COc1ccc(N(CC(=O)O)C(=O)c2cccn2-c2ccc(F)cc2)cc1C#N.O. The van der Waals surface area contributed by atoms with Crippen LogP contribution in [0.3, 0.4) is 0 Å². The second-order valence-corrected chi connectivity index (χ2v) is 8.67. The lowest BCUT2D eigenvalue weighted by molar-refractivity contribution is -0.135. The Balaban J connectivity index is 0.00000408. The van der Waals surface area contributed by atoms with Crippen molar-refractivity contribution in [2.45, 2.75) is 20.8 Å². The van der Waals surface area contributed by atoms with Gasteiger partial charge in [-0.25, -0.2) is 4.39 Å². The van der Waals surface area contributed by atoms with E-state index in [1.165, 1.54) is 30.3 Å². The fraction of sp³-hybridized carbons (Fsp3) is 0.240. The Labute approximate surface area is 196 Å². The molecule has 34 heavy (non-hydrogen) atoms. The second-order valence-electron chi connectivity index (χ2n) is 8.67. The fourth-order valence-corrected chi connectivity index (χ4v) is 3.13. The standard InChI is InChI=1S/C25H24FN3O4.H2O/c1-25(2,3)16-33-22-11-10-20(13-17(22)14-27)29(15-23(30)31)24(32)21-5-4-12-28(21)19-8-6-18(26)7-9-19;/h4-13H,15-16H2,1-3H3,(H,30,31);1H2. The van der Waals surface area contributed by atoms with Crippen LogP contribution in [0.15, 0.2) is 60.8 Å². The molecule has 0 bridgehead atoms. The number of aromatic nitrogens is 1. The lowest BCUT2D eigenvalue weighted by atomic mass is 9.98. The largest absolute Gasteiger partial charge is 0.492 e. The predicted molar refractivity (Wildman–Crippen MR) is 125 cm³/mol. The van der Waals surface area contributed by atoms with Gasteiger partial charge in [0.1, 0.15) is 29.9 Å². The number of carboxylic acids is 1. The van der Waals surface area contributed by atoms with E-state index in [9.17, 15) is 24.3 Å². The molecule has 0 aliphatic heterocycles. The summed E-state index contributed by atoms with van der Waals surface area (Å²) in [6.45, 7) is 5.76. The Morgan fingerprint density at radius 3 is 2.41 bits per heavy atom. The molecule has 0 radical (unpaired) electrons. The van der Waals surface area contributed by atoms with Crippen LogP contribution in [0, 0.1) is 22.6 Å². The third kappa shape index (κ3) is 6.21. The van der Waals surface area contributed by atoms with Crippen molar-refractivity contribution in [2.24, 2.45) is 5.41 Å². The molecule has 3 rings (SSSR count). The van der Waals surface area contributed by atoms with Gasteiger partial charge in [-0.3, -0.25) is 14.5 Å². The molecule has 9 heteroatoms. The van der Waals surface area contributed by atoms with Gasteiger partial charge in [0.25, 0.3) is 5.91 Å². The van der Waals surface area contributed by atoms with Crippen LogP contribution in [0.1, 0.15) is 36.8 Å². The Bertz CT molecular complexity index is 1210. The number of hydrogen-bond donors (Lipinski definition) is 1. The number of hydrogen-bond acceptors (Lipinski definition) is 4. The number of carboxylic acid groups (broad SMARTS) is 1. The summed E-state index contributed by atoms with van der Waals surface area (Å²) >= 11 is 0. The molecule has 0 aliphatic carbocycles. The monoisotopic (exact) mass is 467 g/mol. The molecule has 1 amide bonds. The quantitative estimate of drug-likeness (QED) is 0.565. The Morgan fingerprint density at radius 2 is 1.82 bits per heavy atom. The average Bonchev–Trinajstić information content (AvgIpc) is 3.25. The molecule has 0 unspecified atom stereocenters. The van der Waals surface area contributed by atoms with E-state index in [1.807, 2.05) is 26.8 Å². The molecular weight excluding hydrogens is 441 g/mol. The molecule has 1 heterocycles. The van der Waals surface area contributed by atoms with Gasteiger partial charge in [0.2, 0.25) is 0 Å². The van der Waals surface area contributed by atoms with E-state index in [0.29, 0.717) is 18.0 Å². The normalized spacial score (nSPS) is 10.7. The maximum absolute atomic E-state index is 13.4. The maximum atomic E-state index is 13.4. The van der Waals surface area contributed by atoms with Crippen LogP contribution in [0.25, 0.3) is 5.69 Å². The van der Waals surface area contributed by atoms with Crippen molar-refractivity contribution in [3.8, 4) is 17.5 Å². The van der Waals surface area contributed by atoms with Crippen molar-refractivity contribution >= 4 is 17.6 Å². The Kier molecular flexibility index (Phi) is 8.16. The minimum Gasteiger partial charge on any atom is -0.492 e. The van der Waals surface area contributed by atoms with E-state index in [0.717, 1.165) is 4.90 Å². The molecular formula is C25H26FN3O5. The Morgan fingerprint density at radius 1 is 1.15 bits per heavy atom. The summed E-state index contributed by atoms with van der Waals surface area (Å²) in [5.41, 5.74) is 1.04. The lowest BCUT2D eigenvalue weighted by Gasteiger charge is -2.23. The van der Waals surface area contributed by atoms with Gasteiger partial charge in [-0.15, -0.1) is 0 Å². The third-order valence-corrected chi connectivity index (χ3v) is 4.67. The van der Waals surface area contributed by atoms with Crippen LogP contribution in [-0.2, 0) is 4.79 Å². The summed E-state index contributed by atoms with van der Waals surface area (Å²) in [6, 6.07) is 15.3. The summed E-state index contributed by atoms with van der Waals surface area (Å²) < 4.78 is 20.6. The van der Waals surface area contributed by atoms with Crippen LogP contribution < -0.4 is 9.64 Å². The average molecular weight is 467 g/mol. The van der Waals surface area contributed by atoms with Gasteiger partial charge in [-0.1, -0.05) is 20.8 Å². The van der Waals surface area contributed by atoms with Gasteiger partial charge in [-0.2, -0.15) is 5.26 Å². The molecule has 2 aromatic carbocycles. The molecule has 8 nitrogen and oxygen atoms in total. The zero-order chi connectivity index (χ0) is 24.2. The van der Waals surface area contributed by atoms with Crippen molar-refractivity contribution in [1.82, 2.24) is 4.57 Å². The van der Waals surface area contributed by atoms with E-state index in [4.69, 9.17) is 4.74 Å². The first kappa shape index (κ1) is 26.1. The summed E-state index contributed by atoms with van der Waals surface area (Å²) in [5.74, 6) is -1.86. The zero-order valence-electron chi connectivity index (χ0n) is 19.1. The number of benzene rings is 2. The number of rotatable bonds is 7. The highest BCUT2D eigenvalue weighted by Crippen LogP contribution is 2.28. The zero-order valence-corrected chi connectivity index (χ0v) is 19.1. The van der Waals surface area contributed by atoms with Gasteiger partial charge in [0.05, 0.1) is 12.2 Å². The third-order valence-electron chi connectivity index (χ3n) is 4.67. The topological polar surface area (TPSA) is 127 Å². The van der Waals surface area contributed by atoms with Crippen LogP contribution >= 0.6 is 0 Å². The van der Waals surface area contributed by atoms with E-state index in [2.05, 4.69) is 0 Å². The van der Waals surface area contributed by atoms with Crippen LogP contribution in [0.2, 0.25) is 0 Å². The summed E-state index contributed by atoms with van der Waals surface area (Å²) in [5, 5.41) is 19.0. The lowest BCUT2D eigenvalue weighted by Crippen LogP contribution is -2.36. The molecule has 3 aromatic rings. The molecule has 1 aromatic heterocycles.